The maximum Gasteiger partial charge on any atom is 0.336 e. The molecule has 0 spiro atoms. The zero-order chi connectivity index (χ0) is 11.2. The van der Waals surface area contributed by atoms with Gasteiger partial charge in [0, 0.05) is 5.92 Å². The number of hydrogen-bond acceptors (Lipinski definition) is 4. The molecule has 2 rings (SSSR count). The van der Waals surface area contributed by atoms with E-state index in [0.717, 1.165) is 6.42 Å². The molecule has 0 unspecified atom stereocenters. The molecule has 6 nitrogen and oxygen atoms in total. The molecule has 1 saturated carbocycles. The van der Waals surface area contributed by atoms with Gasteiger partial charge in [0.05, 0.1) is 0 Å². The Morgan fingerprint density at radius 2 is 1.53 bits per heavy atom. The fourth-order valence-corrected chi connectivity index (χ4v) is 1.77. The maximum absolute atomic E-state index is 10.7. The summed E-state index contributed by atoms with van der Waals surface area (Å²) in [6.07, 6.45) is -2.56. The van der Waals surface area contributed by atoms with Crippen molar-refractivity contribution in [3.63, 3.8) is 0 Å². The van der Waals surface area contributed by atoms with Crippen molar-refractivity contribution in [1.82, 2.24) is 0 Å². The molecule has 0 amide bonds. The van der Waals surface area contributed by atoms with E-state index in [9.17, 15) is 9.59 Å². The summed E-state index contributed by atoms with van der Waals surface area (Å²) >= 11 is 0. The lowest BCUT2D eigenvalue weighted by molar-refractivity contribution is -0.156. The molecular weight excluding hydrogens is 204 g/mol. The zero-order valence-electron chi connectivity index (χ0n) is 8.12. The van der Waals surface area contributed by atoms with E-state index < -0.39 is 30.4 Å². The topological polar surface area (TPSA) is 93.1 Å². The summed E-state index contributed by atoms with van der Waals surface area (Å²) in [6.45, 7) is 1.99. The van der Waals surface area contributed by atoms with Gasteiger partial charge in [-0.15, -0.1) is 0 Å². The van der Waals surface area contributed by atoms with Crippen LogP contribution in [0.2, 0.25) is 0 Å². The second-order valence-electron chi connectivity index (χ2n) is 4.04. The van der Waals surface area contributed by atoms with Crippen molar-refractivity contribution in [2.75, 3.05) is 0 Å². The highest BCUT2D eigenvalue weighted by molar-refractivity contribution is 5.84. The van der Waals surface area contributed by atoms with E-state index in [1.165, 1.54) is 0 Å². The van der Waals surface area contributed by atoms with E-state index in [4.69, 9.17) is 19.7 Å². The number of rotatable bonds is 3. The van der Waals surface area contributed by atoms with E-state index in [0.29, 0.717) is 5.92 Å². The highest BCUT2D eigenvalue weighted by Gasteiger charge is 2.52. The van der Waals surface area contributed by atoms with Gasteiger partial charge in [-0.05, 0) is 12.3 Å². The lowest BCUT2D eigenvalue weighted by Gasteiger charge is -2.07. The van der Waals surface area contributed by atoms with Gasteiger partial charge in [-0.1, -0.05) is 6.92 Å². The summed E-state index contributed by atoms with van der Waals surface area (Å²) in [5.41, 5.74) is 0. The molecule has 4 atom stereocenters. The lowest BCUT2D eigenvalue weighted by Crippen LogP contribution is -2.36. The number of aliphatic carboxylic acids is 2. The van der Waals surface area contributed by atoms with Crippen LogP contribution in [0, 0.1) is 11.8 Å². The average molecular weight is 216 g/mol. The van der Waals surface area contributed by atoms with E-state index in [2.05, 4.69) is 0 Å². The minimum atomic E-state index is -1.39. The zero-order valence-corrected chi connectivity index (χ0v) is 8.12. The Balaban J connectivity index is 2.05. The first-order valence-corrected chi connectivity index (χ1v) is 4.77. The van der Waals surface area contributed by atoms with Crippen molar-refractivity contribution in [3.8, 4) is 0 Å². The molecule has 2 aliphatic rings. The van der Waals surface area contributed by atoms with Crippen molar-refractivity contribution in [3.05, 3.63) is 0 Å². The summed E-state index contributed by atoms with van der Waals surface area (Å²) in [7, 11) is 0. The van der Waals surface area contributed by atoms with Crippen LogP contribution in [0.5, 0.6) is 0 Å². The molecule has 0 aromatic carbocycles. The monoisotopic (exact) mass is 216 g/mol. The molecule has 0 bridgehead atoms. The van der Waals surface area contributed by atoms with Crippen LogP contribution >= 0.6 is 0 Å². The van der Waals surface area contributed by atoms with Crippen LogP contribution in [-0.2, 0) is 19.1 Å². The molecule has 0 radical (unpaired) electrons. The molecule has 1 aliphatic carbocycles. The van der Waals surface area contributed by atoms with Crippen LogP contribution in [0.15, 0.2) is 0 Å². The quantitative estimate of drug-likeness (QED) is 0.685. The molecule has 1 saturated heterocycles. The van der Waals surface area contributed by atoms with Crippen LogP contribution < -0.4 is 0 Å². The summed E-state index contributed by atoms with van der Waals surface area (Å²) in [6, 6.07) is 0. The third kappa shape index (κ3) is 1.82. The van der Waals surface area contributed by atoms with E-state index in [1.54, 1.807) is 0 Å². The van der Waals surface area contributed by atoms with Gasteiger partial charge in [-0.2, -0.15) is 0 Å². The van der Waals surface area contributed by atoms with Gasteiger partial charge >= 0.3 is 11.9 Å². The Kier molecular flexibility index (Phi) is 2.40. The van der Waals surface area contributed by atoms with Gasteiger partial charge in [0.15, 0.2) is 18.5 Å². The van der Waals surface area contributed by atoms with Crippen LogP contribution in [-0.4, -0.2) is 40.6 Å². The van der Waals surface area contributed by atoms with Crippen molar-refractivity contribution < 1.29 is 29.3 Å². The summed E-state index contributed by atoms with van der Waals surface area (Å²) in [5, 5.41) is 17.5. The van der Waals surface area contributed by atoms with Crippen molar-refractivity contribution in [1.29, 1.82) is 0 Å². The number of carbonyl (C=O) groups is 2. The van der Waals surface area contributed by atoms with E-state index in [1.807, 2.05) is 6.92 Å². The van der Waals surface area contributed by atoms with Crippen molar-refractivity contribution >= 4 is 11.9 Å². The van der Waals surface area contributed by atoms with Gasteiger partial charge in [0.25, 0.3) is 0 Å². The largest absolute Gasteiger partial charge is 0.479 e. The maximum atomic E-state index is 10.7. The minimum absolute atomic E-state index is 0.135. The molecule has 1 heterocycles. The van der Waals surface area contributed by atoms with E-state index in [-0.39, 0.29) is 5.92 Å². The number of hydrogen-bond donors (Lipinski definition) is 2. The SMILES string of the molecule is C[C@H]1C[C@@H]1C1O[C@H](C(=O)O)[C@@H](C(=O)O)O1. The van der Waals surface area contributed by atoms with Gasteiger partial charge in [0.2, 0.25) is 0 Å². The molecule has 2 fully saturated rings. The molecule has 0 aromatic heterocycles. The molecule has 15 heavy (non-hydrogen) atoms. The third-order valence-electron chi connectivity index (χ3n) is 2.84. The molecule has 6 heteroatoms. The van der Waals surface area contributed by atoms with Gasteiger partial charge in [-0.3, -0.25) is 0 Å². The normalized spacial score (nSPS) is 40.3. The predicted octanol–water partition coefficient (Wildman–Crippen LogP) is -0.0783. The third-order valence-corrected chi connectivity index (χ3v) is 2.84. The molecule has 1 aliphatic heterocycles. The summed E-state index contributed by atoms with van der Waals surface area (Å²) in [4.78, 5) is 21.4. The van der Waals surface area contributed by atoms with Crippen LogP contribution in [0.1, 0.15) is 13.3 Å². The summed E-state index contributed by atoms with van der Waals surface area (Å²) in [5.74, 6) is -2.04. The predicted molar refractivity (Wildman–Crippen MR) is 46.1 cm³/mol. The van der Waals surface area contributed by atoms with Crippen LogP contribution in [0.3, 0.4) is 0 Å². The molecule has 84 valence electrons. The first kappa shape index (κ1) is 10.4. The summed E-state index contributed by atoms with van der Waals surface area (Å²) < 4.78 is 10.2. The van der Waals surface area contributed by atoms with Crippen LogP contribution in [0.4, 0.5) is 0 Å². The van der Waals surface area contributed by atoms with Gasteiger partial charge in [0.1, 0.15) is 0 Å². The second-order valence-corrected chi connectivity index (χ2v) is 4.04. The van der Waals surface area contributed by atoms with Crippen molar-refractivity contribution in [2.24, 2.45) is 11.8 Å². The van der Waals surface area contributed by atoms with Crippen LogP contribution in [0.25, 0.3) is 0 Å². The molecular formula is C9H12O6. The van der Waals surface area contributed by atoms with Gasteiger partial charge in [-0.25, -0.2) is 9.59 Å². The fraction of sp³-hybridized carbons (Fsp3) is 0.778. The fourth-order valence-electron chi connectivity index (χ4n) is 1.77. The smallest absolute Gasteiger partial charge is 0.336 e. The Morgan fingerprint density at radius 1 is 1.13 bits per heavy atom. The average Bonchev–Trinajstić information content (AvgIpc) is 2.72. The van der Waals surface area contributed by atoms with E-state index >= 15 is 0 Å². The first-order valence-electron chi connectivity index (χ1n) is 4.77. The molecule has 0 aromatic rings. The number of ether oxygens (including phenoxy) is 2. The Bertz CT molecular complexity index is 279. The number of carboxylic acids is 2. The minimum Gasteiger partial charge on any atom is -0.479 e. The Hall–Kier alpha value is -1.14. The molecule has 2 N–H and O–H groups in total. The van der Waals surface area contributed by atoms with Gasteiger partial charge < -0.3 is 19.7 Å². The first-order chi connectivity index (χ1) is 7.00. The standard InChI is InChI=1S/C9H12O6/c1-3-2-4(3)9-14-5(7(10)11)6(15-9)8(12)13/h3-6,9H,2H2,1H3,(H,10,11)(H,12,13)/t3-,4-,5-,6-/m0/s1. The number of carboxylic acid groups (broad SMARTS) is 2. The second kappa shape index (κ2) is 3.46. The Morgan fingerprint density at radius 3 is 1.80 bits per heavy atom. The Labute approximate surface area is 85.8 Å². The highest BCUT2D eigenvalue weighted by Crippen LogP contribution is 2.45. The highest BCUT2D eigenvalue weighted by atomic mass is 16.7. The lowest BCUT2D eigenvalue weighted by atomic mass is 10.2. The van der Waals surface area contributed by atoms with Crippen molar-refractivity contribution in [2.45, 2.75) is 31.8 Å².